The van der Waals surface area contributed by atoms with Gasteiger partial charge in [0, 0.05) is 6.54 Å². The van der Waals surface area contributed by atoms with Crippen LogP contribution in [0.2, 0.25) is 0 Å². The van der Waals surface area contributed by atoms with E-state index < -0.39 is 28.8 Å². The highest BCUT2D eigenvalue weighted by molar-refractivity contribution is 6.00. The molecule has 4 atom stereocenters. The molecule has 0 aliphatic carbocycles. The monoisotopic (exact) mass is 530 g/mol. The summed E-state index contributed by atoms with van der Waals surface area (Å²) in [6, 6.07) is 38.8. The first-order valence-electron chi connectivity index (χ1n) is 13.6. The quantitative estimate of drug-likeness (QED) is 0.324. The van der Waals surface area contributed by atoms with Gasteiger partial charge in [-0.3, -0.25) is 9.59 Å². The molecule has 3 aliphatic rings. The second-order valence-electron chi connectivity index (χ2n) is 11.3. The highest BCUT2D eigenvalue weighted by Gasteiger charge is 2.87. The molecule has 200 valence electrons. The first kappa shape index (κ1) is 24.5. The summed E-state index contributed by atoms with van der Waals surface area (Å²) >= 11 is 0. The zero-order valence-electron chi connectivity index (χ0n) is 22.4. The smallest absolute Gasteiger partial charge is 0.268 e. The number of para-hydroxylation sites is 2. The van der Waals surface area contributed by atoms with Gasteiger partial charge in [0.1, 0.15) is 22.6 Å². The lowest BCUT2D eigenvalue weighted by Crippen LogP contribution is -2.98. The molecule has 0 unspecified atom stereocenters. The van der Waals surface area contributed by atoms with E-state index in [1.807, 2.05) is 145 Å². The number of piperazine rings is 1. The topological polar surface area (TPSA) is 59.1 Å². The van der Waals surface area contributed by atoms with E-state index >= 15 is 0 Å². The van der Waals surface area contributed by atoms with Crippen LogP contribution in [0.4, 0.5) is 0 Å². The maximum atomic E-state index is 14.2. The second kappa shape index (κ2) is 8.71. The standard InChI is InChI=1S/C34H30N2O4/c1-32(2)23-35-30(37)28(39-26-19-11-5-12-20-26)33(35,24-15-7-3-8-16-24)34(25-17-9-4-10-18-25)29(31(38)36(32)34)40-27-21-13-6-14-22-27/h3-22,28-29H,23H2,1-2H3/t28-,29+,33-,34+/m1/s1. The van der Waals surface area contributed by atoms with Crippen LogP contribution < -0.4 is 9.47 Å². The first-order chi connectivity index (χ1) is 19.4. The van der Waals surface area contributed by atoms with Crippen LogP contribution in [0.25, 0.3) is 0 Å². The Kier molecular flexibility index (Phi) is 5.33. The summed E-state index contributed by atoms with van der Waals surface area (Å²) in [6.45, 7) is 4.41. The van der Waals surface area contributed by atoms with E-state index in [1.165, 1.54) is 0 Å². The fraction of sp³-hybridized carbons (Fsp3) is 0.235. The summed E-state index contributed by atoms with van der Waals surface area (Å²) in [6.07, 6.45) is -1.78. The van der Waals surface area contributed by atoms with Crippen molar-refractivity contribution in [2.45, 2.75) is 42.7 Å². The molecule has 3 aliphatic heterocycles. The van der Waals surface area contributed by atoms with Crippen LogP contribution in [-0.2, 0) is 20.7 Å². The summed E-state index contributed by atoms with van der Waals surface area (Å²) in [4.78, 5) is 32.2. The third-order valence-corrected chi connectivity index (χ3v) is 8.63. The average Bonchev–Trinajstić information content (AvgIpc) is 2.99. The molecule has 3 heterocycles. The van der Waals surface area contributed by atoms with Crippen LogP contribution in [-0.4, -0.2) is 45.9 Å². The van der Waals surface area contributed by atoms with E-state index in [2.05, 4.69) is 0 Å². The van der Waals surface area contributed by atoms with Gasteiger partial charge in [-0.05, 0) is 49.2 Å². The number of carbonyl (C=O) groups is 2. The Morgan fingerprint density at radius 2 is 0.975 bits per heavy atom. The molecule has 0 saturated carbocycles. The van der Waals surface area contributed by atoms with Crippen LogP contribution >= 0.6 is 0 Å². The fourth-order valence-electron chi connectivity index (χ4n) is 7.26. The van der Waals surface area contributed by atoms with Crippen LogP contribution in [0.15, 0.2) is 121 Å². The molecular formula is C34H30N2O4. The highest BCUT2D eigenvalue weighted by atomic mass is 16.5. The van der Waals surface area contributed by atoms with E-state index in [0.29, 0.717) is 18.0 Å². The van der Waals surface area contributed by atoms with Crippen LogP contribution in [0.3, 0.4) is 0 Å². The molecule has 6 heteroatoms. The van der Waals surface area contributed by atoms with Gasteiger partial charge in [0.25, 0.3) is 11.8 Å². The number of rotatable bonds is 6. The van der Waals surface area contributed by atoms with Gasteiger partial charge in [-0.1, -0.05) is 97.1 Å². The molecule has 4 aromatic carbocycles. The first-order valence-corrected chi connectivity index (χ1v) is 13.6. The van der Waals surface area contributed by atoms with E-state index in [0.717, 1.165) is 11.1 Å². The third kappa shape index (κ3) is 3.04. The molecule has 0 aromatic heterocycles. The van der Waals surface area contributed by atoms with Crippen molar-refractivity contribution in [3.05, 3.63) is 132 Å². The Balaban J connectivity index is 1.53. The van der Waals surface area contributed by atoms with Gasteiger partial charge in [-0.15, -0.1) is 0 Å². The summed E-state index contributed by atoms with van der Waals surface area (Å²) in [5, 5.41) is 0. The third-order valence-electron chi connectivity index (χ3n) is 8.63. The van der Waals surface area contributed by atoms with E-state index in [-0.39, 0.29) is 11.8 Å². The van der Waals surface area contributed by atoms with Gasteiger partial charge < -0.3 is 19.3 Å². The molecular weight excluding hydrogens is 500 g/mol. The van der Waals surface area contributed by atoms with Crippen molar-refractivity contribution in [1.29, 1.82) is 0 Å². The van der Waals surface area contributed by atoms with E-state index in [4.69, 9.17) is 9.47 Å². The van der Waals surface area contributed by atoms with Gasteiger partial charge in [-0.2, -0.15) is 0 Å². The minimum absolute atomic E-state index is 0.103. The van der Waals surface area contributed by atoms with Crippen molar-refractivity contribution >= 4 is 11.8 Å². The van der Waals surface area contributed by atoms with Crippen molar-refractivity contribution < 1.29 is 19.1 Å². The molecule has 2 amide bonds. The number of β-lactam (4-membered cyclic amide) rings is 2. The number of hydrogen-bond donors (Lipinski definition) is 0. The van der Waals surface area contributed by atoms with E-state index in [1.54, 1.807) is 0 Å². The minimum Gasteiger partial charge on any atom is -0.478 e. The predicted molar refractivity (Wildman–Crippen MR) is 151 cm³/mol. The lowest BCUT2D eigenvalue weighted by Gasteiger charge is -2.78. The zero-order chi connectivity index (χ0) is 27.5. The normalized spacial score (nSPS) is 28.1. The number of ether oxygens (including phenoxy) is 2. The summed E-state index contributed by atoms with van der Waals surface area (Å²) < 4.78 is 13.2. The Labute approximate surface area is 233 Å². The average molecular weight is 531 g/mol. The largest absolute Gasteiger partial charge is 0.478 e. The van der Waals surface area contributed by atoms with Gasteiger partial charge in [-0.25, -0.2) is 0 Å². The Bertz CT molecular complexity index is 1560. The number of amides is 2. The van der Waals surface area contributed by atoms with Gasteiger partial charge in [0.05, 0.1) is 5.54 Å². The Hall–Kier alpha value is -4.58. The number of fused-ring (bicyclic) bond motifs is 3. The maximum absolute atomic E-state index is 14.2. The van der Waals surface area contributed by atoms with Gasteiger partial charge in [0.15, 0.2) is 0 Å². The number of benzene rings is 4. The van der Waals surface area contributed by atoms with Gasteiger partial charge in [0.2, 0.25) is 12.2 Å². The van der Waals surface area contributed by atoms with Crippen molar-refractivity contribution in [3.8, 4) is 11.5 Å². The lowest BCUT2D eigenvalue weighted by molar-refractivity contribution is -0.300. The molecule has 0 spiro atoms. The lowest BCUT2D eigenvalue weighted by atomic mass is 9.50. The predicted octanol–water partition coefficient (Wildman–Crippen LogP) is 5.15. The van der Waals surface area contributed by atoms with Crippen LogP contribution in [0, 0.1) is 0 Å². The van der Waals surface area contributed by atoms with Crippen LogP contribution in [0.5, 0.6) is 11.5 Å². The highest BCUT2D eigenvalue weighted by Crippen LogP contribution is 2.67. The van der Waals surface area contributed by atoms with Crippen molar-refractivity contribution in [1.82, 2.24) is 9.80 Å². The number of carbonyl (C=O) groups excluding carboxylic acids is 2. The number of hydrogen-bond acceptors (Lipinski definition) is 4. The molecule has 3 fully saturated rings. The maximum Gasteiger partial charge on any atom is 0.268 e. The molecule has 4 aromatic rings. The Morgan fingerprint density at radius 1 is 0.575 bits per heavy atom. The molecule has 7 rings (SSSR count). The molecule has 3 saturated heterocycles. The van der Waals surface area contributed by atoms with E-state index in [9.17, 15) is 9.59 Å². The molecule has 0 radical (unpaired) electrons. The summed E-state index contributed by atoms with van der Waals surface area (Å²) in [7, 11) is 0. The second-order valence-corrected chi connectivity index (χ2v) is 11.3. The fourth-order valence-corrected chi connectivity index (χ4v) is 7.26. The van der Waals surface area contributed by atoms with Crippen molar-refractivity contribution in [2.75, 3.05) is 6.54 Å². The van der Waals surface area contributed by atoms with Crippen molar-refractivity contribution in [2.24, 2.45) is 0 Å². The molecule has 0 N–H and O–H groups in total. The van der Waals surface area contributed by atoms with Crippen LogP contribution in [0.1, 0.15) is 25.0 Å². The Morgan fingerprint density at radius 3 is 1.45 bits per heavy atom. The zero-order valence-corrected chi connectivity index (χ0v) is 22.4. The molecule has 0 bridgehead atoms. The molecule has 40 heavy (non-hydrogen) atoms. The number of nitrogens with zero attached hydrogens (tertiary/aromatic N) is 2. The van der Waals surface area contributed by atoms with Crippen molar-refractivity contribution in [3.63, 3.8) is 0 Å². The molecule has 6 nitrogen and oxygen atoms in total. The summed E-state index contributed by atoms with van der Waals surface area (Å²) in [5.74, 6) is 0.987. The summed E-state index contributed by atoms with van der Waals surface area (Å²) in [5.41, 5.74) is -0.988. The minimum atomic E-state index is -1.07. The van der Waals surface area contributed by atoms with Gasteiger partial charge >= 0.3 is 0 Å². The SMILES string of the molecule is CC1(C)CN2C(=O)[C@@H](Oc3ccccc3)[C@]2(c2ccccc2)[C@]2(c3ccccc3)[C@@H](Oc3ccccc3)C(=O)N12.